The van der Waals surface area contributed by atoms with Crippen LogP contribution in [0, 0.1) is 13.8 Å². The first-order valence-corrected chi connectivity index (χ1v) is 8.01. The molecule has 0 amide bonds. The highest BCUT2D eigenvalue weighted by atomic mass is 16.1. The Kier molecular flexibility index (Phi) is 3.35. The third kappa shape index (κ3) is 2.44. The highest BCUT2D eigenvalue weighted by Crippen LogP contribution is 2.35. The van der Waals surface area contributed by atoms with E-state index in [9.17, 15) is 4.79 Å². The van der Waals surface area contributed by atoms with E-state index in [2.05, 4.69) is 72.3 Å². The average Bonchev–Trinajstić information content (AvgIpc) is 2.94. The first kappa shape index (κ1) is 14.5. The Morgan fingerprint density at radius 3 is 2.25 bits per heavy atom. The van der Waals surface area contributed by atoms with E-state index in [-0.39, 0.29) is 5.69 Å². The molecule has 24 heavy (non-hydrogen) atoms. The number of imidazole rings is 1. The fourth-order valence-corrected chi connectivity index (χ4v) is 3.21. The standard InChI is InChI=1S/C21H18N2O/c1-13-6-8-15(9-7-13)17-5-3-4-14(2)20(17)16-10-11-18-19(12-16)23-21(24)22-18/h3-12H,1-2H3,(H2,22,23,24). The summed E-state index contributed by atoms with van der Waals surface area (Å²) >= 11 is 0. The number of hydrogen-bond donors (Lipinski definition) is 2. The van der Waals surface area contributed by atoms with Crippen LogP contribution in [0.15, 0.2) is 65.5 Å². The zero-order chi connectivity index (χ0) is 16.7. The minimum absolute atomic E-state index is 0.175. The van der Waals surface area contributed by atoms with Crippen molar-refractivity contribution in [2.75, 3.05) is 0 Å². The van der Waals surface area contributed by atoms with Crippen LogP contribution in [0.3, 0.4) is 0 Å². The number of nitrogens with one attached hydrogen (secondary N) is 2. The van der Waals surface area contributed by atoms with Crippen LogP contribution < -0.4 is 5.69 Å². The summed E-state index contributed by atoms with van der Waals surface area (Å²) in [5.74, 6) is 0. The molecular formula is C21H18N2O. The number of benzene rings is 3. The van der Waals surface area contributed by atoms with Gasteiger partial charge in [0.2, 0.25) is 0 Å². The average molecular weight is 314 g/mol. The molecule has 4 aromatic rings. The van der Waals surface area contributed by atoms with E-state index in [1.807, 2.05) is 12.1 Å². The van der Waals surface area contributed by atoms with Gasteiger partial charge in [-0.15, -0.1) is 0 Å². The smallest absolute Gasteiger partial charge is 0.306 e. The molecule has 0 saturated carbocycles. The summed E-state index contributed by atoms with van der Waals surface area (Å²) < 4.78 is 0. The number of H-pyrrole nitrogens is 2. The minimum Gasteiger partial charge on any atom is -0.306 e. The largest absolute Gasteiger partial charge is 0.323 e. The number of rotatable bonds is 2. The molecule has 3 nitrogen and oxygen atoms in total. The number of aromatic amines is 2. The van der Waals surface area contributed by atoms with Crippen molar-refractivity contribution in [3.8, 4) is 22.3 Å². The van der Waals surface area contributed by atoms with Gasteiger partial charge in [0.25, 0.3) is 0 Å². The van der Waals surface area contributed by atoms with Gasteiger partial charge >= 0.3 is 5.69 Å². The van der Waals surface area contributed by atoms with E-state index in [0.29, 0.717) is 0 Å². The molecule has 1 aromatic heterocycles. The van der Waals surface area contributed by atoms with Gasteiger partial charge in [-0.25, -0.2) is 4.79 Å². The Hall–Kier alpha value is -3.07. The summed E-state index contributed by atoms with van der Waals surface area (Å²) in [7, 11) is 0. The van der Waals surface area contributed by atoms with Crippen molar-refractivity contribution in [3.05, 3.63) is 82.3 Å². The molecule has 0 fully saturated rings. The van der Waals surface area contributed by atoms with Crippen molar-refractivity contribution in [2.24, 2.45) is 0 Å². The summed E-state index contributed by atoms with van der Waals surface area (Å²) in [5, 5.41) is 0. The third-order valence-electron chi connectivity index (χ3n) is 4.44. The molecule has 1 heterocycles. The lowest BCUT2D eigenvalue weighted by atomic mass is 9.90. The maximum Gasteiger partial charge on any atom is 0.323 e. The topological polar surface area (TPSA) is 48.6 Å². The quantitative estimate of drug-likeness (QED) is 0.548. The zero-order valence-electron chi connectivity index (χ0n) is 13.7. The van der Waals surface area contributed by atoms with Crippen molar-refractivity contribution in [3.63, 3.8) is 0 Å². The number of aromatic nitrogens is 2. The molecule has 0 spiro atoms. The van der Waals surface area contributed by atoms with Crippen LogP contribution in [-0.2, 0) is 0 Å². The van der Waals surface area contributed by atoms with Crippen LogP contribution in [0.5, 0.6) is 0 Å². The van der Waals surface area contributed by atoms with E-state index >= 15 is 0 Å². The second-order valence-corrected chi connectivity index (χ2v) is 6.20. The second-order valence-electron chi connectivity index (χ2n) is 6.20. The predicted molar refractivity (Wildman–Crippen MR) is 99.3 cm³/mol. The molecule has 0 radical (unpaired) electrons. The van der Waals surface area contributed by atoms with E-state index in [4.69, 9.17) is 0 Å². The highest BCUT2D eigenvalue weighted by Gasteiger charge is 2.11. The van der Waals surface area contributed by atoms with Gasteiger partial charge in [0.05, 0.1) is 11.0 Å². The van der Waals surface area contributed by atoms with E-state index in [0.717, 1.165) is 16.6 Å². The normalized spacial score (nSPS) is 11.1. The van der Waals surface area contributed by atoms with Crippen LogP contribution in [0.1, 0.15) is 11.1 Å². The molecule has 2 N–H and O–H groups in total. The minimum atomic E-state index is -0.175. The predicted octanol–water partition coefficient (Wildman–Crippen LogP) is 4.81. The Morgan fingerprint density at radius 1 is 0.750 bits per heavy atom. The van der Waals surface area contributed by atoms with Crippen LogP contribution in [-0.4, -0.2) is 9.97 Å². The lowest BCUT2D eigenvalue weighted by Crippen LogP contribution is -1.99. The van der Waals surface area contributed by atoms with Gasteiger partial charge < -0.3 is 9.97 Å². The molecule has 0 aliphatic carbocycles. The lowest BCUT2D eigenvalue weighted by Gasteiger charge is -2.14. The Morgan fingerprint density at radius 2 is 1.46 bits per heavy atom. The summed E-state index contributed by atoms with van der Waals surface area (Å²) in [5.41, 5.74) is 8.64. The molecule has 3 heteroatoms. The molecule has 4 rings (SSSR count). The molecule has 0 unspecified atom stereocenters. The van der Waals surface area contributed by atoms with Crippen molar-refractivity contribution in [1.29, 1.82) is 0 Å². The number of hydrogen-bond acceptors (Lipinski definition) is 1. The fraction of sp³-hybridized carbons (Fsp3) is 0.0952. The third-order valence-corrected chi connectivity index (χ3v) is 4.44. The van der Waals surface area contributed by atoms with Crippen LogP contribution >= 0.6 is 0 Å². The van der Waals surface area contributed by atoms with Crippen LogP contribution in [0.2, 0.25) is 0 Å². The van der Waals surface area contributed by atoms with Crippen molar-refractivity contribution >= 4 is 11.0 Å². The van der Waals surface area contributed by atoms with Crippen LogP contribution in [0.25, 0.3) is 33.3 Å². The van der Waals surface area contributed by atoms with Gasteiger partial charge in [0.15, 0.2) is 0 Å². The zero-order valence-corrected chi connectivity index (χ0v) is 13.7. The summed E-state index contributed by atoms with van der Waals surface area (Å²) in [4.78, 5) is 17.1. The van der Waals surface area contributed by atoms with Crippen molar-refractivity contribution in [1.82, 2.24) is 9.97 Å². The summed E-state index contributed by atoms with van der Waals surface area (Å²) in [6.07, 6.45) is 0. The maximum atomic E-state index is 11.5. The number of fused-ring (bicyclic) bond motifs is 1. The van der Waals surface area contributed by atoms with Crippen molar-refractivity contribution in [2.45, 2.75) is 13.8 Å². The van der Waals surface area contributed by atoms with Crippen molar-refractivity contribution < 1.29 is 0 Å². The maximum absolute atomic E-state index is 11.5. The van der Waals surface area contributed by atoms with Gasteiger partial charge in [-0.05, 0) is 53.8 Å². The first-order valence-electron chi connectivity index (χ1n) is 8.01. The molecule has 0 bridgehead atoms. The molecule has 0 aliphatic rings. The number of aryl methyl sites for hydroxylation is 2. The van der Waals surface area contributed by atoms with Gasteiger partial charge in [-0.2, -0.15) is 0 Å². The summed E-state index contributed by atoms with van der Waals surface area (Å²) in [6.45, 7) is 4.22. The molecule has 0 aliphatic heterocycles. The summed E-state index contributed by atoms with van der Waals surface area (Å²) in [6, 6.07) is 21.0. The Balaban J connectivity index is 1.96. The van der Waals surface area contributed by atoms with Gasteiger partial charge in [-0.1, -0.05) is 54.1 Å². The SMILES string of the molecule is Cc1ccc(-c2cccc(C)c2-c2ccc3[nH]c(=O)[nH]c3c2)cc1. The highest BCUT2D eigenvalue weighted by molar-refractivity contribution is 5.89. The van der Waals surface area contributed by atoms with Gasteiger partial charge in [0.1, 0.15) is 0 Å². The Labute approximate surface area is 140 Å². The van der Waals surface area contributed by atoms with Crippen LogP contribution in [0.4, 0.5) is 0 Å². The van der Waals surface area contributed by atoms with Gasteiger partial charge in [-0.3, -0.25) is 0 Å². The lowest BCUT2D eigenvalue weighted by molar-refractivity contribution is 1.22. The molecule has 118 valence electrons. The fourth-order valence-electron chi connectivity index (χ4n) is 3.21. The molecular weight excluding hydrogens is 296 g/mol. The van der Waals surface area contributed by atoms with E-state index in [1.165, 1.54) is 27.8 Å². The second kappa shape index (κ2) is 5.53. The monoisotopic (exact) mass is 314 g/mol. The molecule has 0 atom stereocenters. The molecule has 0 saturated heterocycles. The first-order chi connectivity index (χ1) is 11.6. The van der Waals surface area contributed by atoms with E-state index < -0.39 is 0 Å². The molecule has 3 aromatic carbocycles. The Bertz CT molecular complexity index is 1080. The van der Waals surface area contributed by atoms with E-state index in [1.54, 1.807) is 0 Å². The van der Waals surface area contributed by atoms with Gasteiger partial charge in [0, 0.05) is 0 Å².